The van der Waals surface area contributed by atoms with Crippen molar-refractivity contribution < 1.29 is 14.8 Å². The molecule has 1 aliphatic rings. The Labute approximate surface area is 179 Å². The van der Waals surface area contributed by atoms with Crippen LogP contribution in [-0.2, 0) is 10.4 Å². The second kappa shape index (κ2) is 8.53. The molecule has 0 unspecified atom stereocenters. The number of carbonyl (C=O) groups excluding carboxylic acids is 1. The molecule has 1 fully saturated rings. The van der Waals surface area contributed by atoms with Crippen molar-refractivity contribution in [3.63, 3.8) is 0 Å². The molecule has 1 N–H and O–H groups in total. The zero-order chi connectivity index (χ0) is 21.8. The number of pyridine rings is 1. The molecule has 1 aliphatic heterocycles. The zero-order valence-electron chi connectivity index (χ0n) is 16.8. The van der Waals surface area contributed by atoms with E-state index in [0.29, 0.717) is 43.1 Å². The van der Waals surface area contributed by atoms with Crippen molar-refractivity contribution in [2.75, 3.05) is 31.1 Å². The molecule has 2 aromatic carbocycles. The number of aliphatic hydroxyl groups is 1. The summed E-state index contributed by atoms with van der Waals surface area (Å²) in [6.45, 7) is 1.82. The molecule has 1 amide bonds. The fourth-order valence-electron chi connectivity index (χ4n) is 3.81. The fourth-order valence-corrected chi connectivity index (χ4v) is 3.81. The number of nitro groups is 1. The lowest BCUT2D eigenvalue weighted by molar-refractivity contribution is -0.385. The molecule has 8 heteroatoms. The predicted molar refractivity (Wildman–Crippen MR) is 116 cm³/mol. The molecular weight excluding hydrogens is 396 g/mol. The number of piperazine rings is 1. The highest BCUT2D eigenvalue weighted by atomic mass is 16.6. The minimum atomic E-state index is -1.78. The van der Waals surface area contributed by atoms with Gasteiger partial charge in [-0.3, -0.25) is 14.9 Å². The van der Waals surface area contributed by atoms with E-state index in [1.54, 1.807) is 59.5 Å². The van der Waals surface area contributed by atoms with Crippen molar-refractivity contribution in [2.24, 2.45) is 0 Å². The van der Waals surface area contributed by atoms with Gasteiger partial charge in [-0.1, -0.05) is 60.7 Å². The van der Waals surface area contributed by atoms with E-state index >= 15 is 0 Å². The molecule has 8 nitrogen and oxygen atoms in total. The summed E-state index contributed by atoms with van der Waals surface area (Å²) in [5.74, 6) is 0.250. The number of nitrogens with zero attached hydrogens (tertiary/aromatic N) is 4. The van der Waals surface area contributed by atoms with Crippen molar-refractivity contribution in [1.29, 1.82) is 0 Å². The van der Waals surface area contributed by atoms with Crippen molar-refractivity contribution in [3.8, 4) is 0 Å². The second-order valence-electron chi connectivity index (χ2n) is 7.35. The van der Waals surface area contributed by atoms with Gasteiger partial charge in [0.2, 0.25) is 0 Å². The average Bonchev–Trinajstić information content (AvgIpc) is 2.84. The van der Waals surface area contributed by atoms with E-state index < -0.39 is 10.5 Å². The average molecular weight is 418 g/mol. The smallest absolute Gasteiger partial charge is 0.287 e. The highest BCUT2D eigenvalue weighted by molar-refractivity contribution is 5.90. The summed E-state index contributed by atoms with van der Waals surface area (Å²) in [4.78, 5) is 31.7. The summed E-state index contributed by atoms with van der Waals surface area (Å²) < 4.78 is 0. The van der Waals surface area contributed by atoms with Crippen LogP contribution in [0.1, 0.15) is 11.1 Å². The third-order valence-corrected chi connectivity index (χ3v) is 5.53. The van der Waals surface area contributed by atoms with Crippen LogP contribution in [0.15, 0.2) is 79.0 Å². The molecule has 0 radical (unpaired) electrons. The van der Waals surface area contributed by atoms with Gasteiger partial charge in [0.1, 0.15) is 12.0 Å². The number of hydrogen-bond donors (Lipinski definition) is 1. The maximum Gasteiger partial charge on any atom is 0.287 e. The topological polar surface area (TPSA) is 99.8 Å². The molecular formula is C23H22N4O4. The Morgan fingerprint density at radius 2 is 1.45 bits per heavy atom. The minimum absolute atomic E-state index is 0.0617. The van der Waals surface area contributed by atoms with Crippen LogP contribution in [0.2, 0.25) is 0 Å². The Balaban J connectivity index is 1.54. The Hall–Kier alpha value is -3.78. The number of aromatic nitrogens is 1. The van der Waals surface area contributed by atoms with E-state index in [9.17, 15) is 20.0 Å². The molecule has 0 aliphatic carbocycles. The highest BCUT2D eigenvalue weighted by Gasteiger charge is 2.43. The van der Waals surface area contributed by atoms with Crippen LogP contribution in [0.5, 0.6) is 0 Å². The summed E-state index contributed by atoms with van der Waals surface area (Å²) >= 11 is 0. The van der Waals surface area contributed by atoms with Gasteiger partial charge in [-0.15, -0.1) is 0 Å². The van der Waals surface area contributed by atoms with E-state index in [2.05, 4.69) is 4.98 Å². The van der Waals surface area contributed by atoms with Gasteiger partial charge >= 0.3 is 0 Å². The van der Waals surface area contributed by atoms with Gasteiger partial charge in [-0.25, -0.2) is 4.98 Å². The Kier molecular flexibility index (Phi) is 5.64. The number of amides is 1. The molecule has 158 valence electrons. The van der Waals surface area contributed by atoms with E-state index in [-0.39, 0.29) is 11.6 Å². The second-order valence-corrected chi connectivity index (χ2v) is 7.35. The van der Waals surface area contributed by atoms with Gasteiger partial charge in [0, 0.05) is 32.2 Å². The molecule has 0 bridgehead atoms. The Morgan fingerprint density at radius 1 is 0.903 bits per heavy atom. The van der Waals surface area contributed by atoms with Gasteiger partial charge in [-0.2, -0.15) is 0 Å². The van der Waals surface area contributed by atoms with Gasteiger partial charge in [0.15, 0.2) is 5.60 Å². The first-order valence-corrected chi connectivity index (χ1v) is 9.98. The van der Waals surface area contributed by atoms with Crippen molar-refractivity contribution in [3.05, 3.63) is 100 Å². The first-order chi connectivity index (χ1) is 15.0. The molecule has 0 spiro atoms. The normalized spacial score (nSPS) is 14.4. The number of rotatable bonds is 5. The third kappa shape index (κ3) is 3.97. The Morgan fingerprint density at radius 3 is 1.90 bits per heavy atom. The molecule has 1 saturated heterocycles. The molecule has 2 heterocycles. The predicted octanol–water partition coefficient (Wildman–Crippen LogP) is 2.57. The summed E-state index contributed by atoms with van der Waals surface area (Å²) in [7, 11) is 0. The van der Waals surface area contributed by atoms with Crippen LogP contribution in [0.3, 0.4) is 0 Å². The van der Waals surface area contributed by atoms with Crippen LogP contribution in [0, 0.1) is 10.1 Å². The maximum atomic E-state index is 13.6. The van der Waals surface area contributed by atoms with Gasteiger partial charge in [0.05, 0.1) is 4.92 Å². The quantitative estimate of drug-likeness (QED) is 0.505. The van der Waals surface area contributed by atoms with E-state index in [4.69, 9.17) is 0 Å². The minimum Gasteiger partial charge on any atom is -0.372 e. The monoisotopic (exact) mass is 418 g/mol. The summed E-state index contributed by atoms with van der Waals surface area (Å²) in [5, 5.41) is 22.5. The third-order valence-electron chi connectivity index (χ3n) is 5.53. The van der Waals surface area contributed by atoms with Crippen LogP contribution < -0.4 is 4.90 Å². The van der Waals surface area contributed by atoms with Crippen molar-refractivity contribution in [1.82, 2.24) is 9.88 Å². The lowest BCUT2D eigenvalue weighted by Crippen LogP contribution is -2.55. The summed E-state index contributed by atoms with van der Waals surface area (Å²) in [6.07, 6.45) is 1.23. The lowest BCUT2D eigenvalue weighted by Gasteiger charge is -2.39. The fraction of sp³-hybridized carbons (Fsp3) is 0.217. The first-order valence-electron chi connectivity index (χ1n) is 9.98. The van der Waals surface area contributed by atoms with E-state index in [0.717, 1.165) is 0 Å². The SMILES string of the molecule is O=C(N1CCN(c2ccc([N+](=O)[O-])cn2)CC1)C(O)(c1ccccc1)c1ccccc1. The van der Waals surface area contributed by atoms with Gasteiger partial charge in [-0.05, 0) is 17.2 Å². The standard InChI is InChI=1S/C23H22N4O4/c28-22(23(29,18-7-3-1-4-8-18)19-9-5-2-6-10-19)26-15-13-25(14-16-26)21-12-11-20(17-24-21)27(30)31/h1-12,17,29H,13-16H2. The van der Waals surface area contributed by atoms with Crippen LogP contribution >= 0.6 is 0 Å². The van der Waals surface area contributed by atoms with Crippen molar-refractivity contribution in [2.45, 2.75) is 5.60 Å². The first kappa shape index (κ1) is 20.5. The van der Waals surface area contributed by atoms with Crippen LogP contribution in [-0.4, -0.2) is 52.0 Å². The molecule has 1 aromatic heterocycles. The largest absolute Gasteiger partial charge is 0.372 e. The molecule has 0 atom stereocenters. The molecule has 3 aromatic rings. The van der Waals surface area contributed by atoms with Gasteiger partial charge < -0.3 is 14.9 Å². The van der Waals surface area contributed by atoms with Crippen molar-refractivity contribution >= 4 is 17.4 Å². The number of carbonyl (C=O) groups is 1. The number of benzene rings is 2. The highest BCUT2D eigenvalue weighted by Crippen LogP contribution is 2.32. The van der Waals surface area contributed by atoms with E-state index in [1.165, 1.54) is 12.3 Å². The molecule has 0 saturated carbocycles. The number of anilines is 1. The van der Waals surface area contributed by atoms with Crippen LogP contribution in [0.4, 0.5) is 11.5 Å². The summed E-state index contributed by atoms with van der Waals surface area (Å²) in [6, 6.07) is 20.9. The van der Waals surface area contributed by atoms with Gasteiger partial charge in [0.25, 0.3) is 11.6 Å². The van der Waals surface area contributed by atoms with Crippen LogP contribution in [0.25, 0.3) is 0 Å². The number of hydrogen-bond acceptors (Lipinski definition) is 6. The maximum absolute atomic E-state index is 13.6. The van der Waals surface area contributed by atoms with E-state index in [1.807, 2.05) is 17.0 Å². The molecule has 4 rings (SSSR count). The molecule has 31 heavy (non-hydrogen) atoms. The zero-order valence-corrected chi connectivity index (χ0v) is 16.8. The Bertz CT molecular complexity index is 1010. The lowest BCUT2D eigenvalue weighted by atomic mass is 9.85. The summed E-state index contributed by atoms with van der Waals surface area (Å²) in [5.41, 5.74) is -0.805.